The number of unbranched alkanes of at least 4 members (excludes halogenated alkanes) is 2. The Bertz CT molecular complexity index is 296. The number of nitrogens with zero attached hydrogens (tertiary/aromatic N) is 1. The van der Waals surface area contributed by atoms with Gasteiger partial charge in [-0.2, -0.15) is 0 Å². The maximum absolute atomic E-state index is 2.47. The normalized spacial score (nSPS) is 11.3. The number of aromatic nitrogens is 1. The minimum atomic E-state index is 0.738. The molecular weight excluding hydrogens is 194 g/mol. The van der Waals surface area contributed by atoms with Crippen LogP contribution < -0.4 is 0 Å². The molecule has 1 heterocycles. The standard InChI is InChI=1S/C15H27N/c1-5-7-8-9-15-10-14(6-2)12-16(15)11-13(3)4/h10,12-13H,5-9,11H2,1-4H3. The molecule has 0 aromatic carbocycles. The van der Waals surface area contributed by atoms with Gasteiger partial charge in [-0.25, -0.2) is 0 Å². The molecule has 0 aliphatic carbocycles. The minimum absolute atomic E-state index is 0.738. The van der Waals surface area contributed by atoms with Gasteiger partial charge in [0.2, 0.25) is 0 Å². The second-order valence-corrected chi connectivity index (χ2v) is 5.20. The quantitative estimate of drug-likeness (QED) is 0.600. The van der Waals surface area contributed by atoms with E-state index in [0.717, 1.165) is 12.3 Å². The summed E-state index contributed by atoms with van der Waals surface area (Å²) < 4.78 is 2.47. The van der Waals surface area contributed by atoms with Crippen molar-refractivity contribution in [3.8, 4) is 0 Å². The first-order valence-electron chi connectivity index (χ1n) is 6.85. The molecule has 1 aromatic rings. The summed E-state index contributed by atoms with van der Waals surface area (Å²) in [6, 6.07) is 2.40. The molecule has 1 heteroatoms. The maximum Gasteiger partial charge on any atom is 0.0245 e. The molecule has 0 N–H and O–H groups in total. The van der Waals surface area contributed by atoms with Gasteiger partial charge in [0.05, 0.1) is 0 Å². The van der Waals surface area contributed by atoms with E-state index in [1.54, 1.807) is 5.69 Å². The lowest BCUT2D eigenvalue weighted by Gasteiger charge is -2.11. The summed E-state index contributed by atoms with van der Waals surface area (Å²) in [6.45, 7) is 10.3. The van der Waals surface area contributed by atoms with Crippen LogP contribution in [-0.4, -0.2) is 4.57 Å². The van der Waals surface area contributed by atoms with Crippen molar-refractivity contribution < 1.29 is 0 Å². The van der Waals surface area contributed by atoms with E-state index in [-0.39, 0.29) is 0 Å². The Morgan fingerprint density at radius 1 is 1.19 bits per heavy atom. The lowest BCUT2D eigenvalue weighted by Crippen LogP contribution is -2.06. The van der Waals surface area contributed by atoms with E-state index in [1.807, 2.05) is 0 Å². The average molecular weight is 221 g/mol. The SMILES string of the molecule is CCCCCc1cc(CC)cn1CC(C)C. The minimum Gasteiger partial charge on any atom is -0.351 e. The Morgan fingerprint density at radius 3 is 2.50 bits per heavy atom. The van der Waals surface area contributed by atoms with E-state index in [1.165, 1.54) is 37.8 Å². The van der Waals surface area contributed by atoms with Crippen LogP contribution in [0.4, 0.5) is 0 Å². The summed E-state index contributed by atoms with van der Waals surface area (Å²) in [5.41, 5.74) is 3.03. The third-order valence-electron chi connectivity index (χ3n) is 3.05. The molecule has 0 radical (unpaired) electrons. The van der Waals surface area contributed by atoms with E-state index in [2.05, 4.69) is 44.5 Å². The highest BCUT2D eigenvalue weighted by Crippen LogP contribution is 2.15. The predicted molar refractivity (Wildman–Crippen MR) is 71.9 cm³/mol. The Hall–Kier alpha value is -0.720. The van der Waals surface area contributed by atoms with Crippen molar-refractivity contribution in [3.63, 3.8) is 0 Å². The van der Waals surface area contributed by atoms with Gasteiger partial charge in [-0.3, -0.25) is 0 Å². The van der Waals surface area contributed by atoms with Gasteiger partial charge in [0.15, 0.2) is 0 Å². The molecule has 0 unspecified atom stereocenters. The van der Waals surface area contributed by atoms with Gasteiger partial charge in [0, 0.05) is 18.4 Å². The topological polar surface area (TPSA) is 4.93 Å². The molecule has 0 aliphatic heterocycles. The molecule has 0 saturated heterocycles. The fourth-order valence-electron chi connectivity index (χ4n) is 2.15. The highest BCUT2D eigenvalue weighted by molar-refractivity contribution is 5.19. The molecule has 1 aromatic heterocycles. The molecule has 0 fully saturated rings. The zero-order chi connectivity index (χ0) is 12.0. The van der Waals surface area contributed by atoms with Gasteiger partial charge < -0.3 is 4.57 Å². The zero-order valence-electron chi connectivity index (χ0n) is 11.4. The lowest BCUT2D eigenvalue weighted by atomic mass is 10.1. The van der Waals surface area contributed by atoms with Gasteiger partial charge in [-0.15, -0.1) is 0 Å². The number of rotatable bonds is 7. The summed E-state index contributed by atoms with van der Waals surface area (Å²) in [5.74, 6) is 0.738. The van der Waals surface area contributed by atoms with Crippen LogP contribution >= 0.6 is 0 Å². The number of hydrogen-bond acceptors (Lipinski definition) is 0. The summed E-state index contributed by atoms with van der Waals surface area (Å²) in [7, 11) is 0. The molecule has 1 rings (SSSR count). The van der Waals surface area contributed by atoms with Crippen LogP contribution in [0, 0.1) is 5.92 Å². The lowest BCUT2D eigenvalue weighted by molar-refractivity contribution is 0.506. The highest BCUT2D eigenvalue weighted by Gasteiger charge is 2.06. The molecule has 0 saturated carbocycles. The van der Waals surface area contributed by atoms with Crippen LogP contribution in [0.3, 0.4) is 0 Å². The van der Waals surface area contributed by atoms with E-state index in [9.17, 15) is 0 Å². The second kappa shape index (κ2) is 6.78. The Kier molecular flexibility index (Phi) is 5.65. The second-order valence-electron chi connectivity index (χ2n) is 5.20. The molecular formula is C15H27N. The van der Waals surface area contributed by atoms with Gasteiger partial charge >= 0.3 is 0 Å². The third kappa shape index (κ3) is 4.03. The summed E-state index contributed by atoms with van der Waals surface area (Å²) in [4.78, 5) is 0. The van der Waals surface area contributed by atoms with Crippen LogP contribution in [-0.2, 0) is 19.4 Å². The molecule has 92 valence electrons. The smallest absolute Gasteiger partial charge is 0.0245 e. The van der Waals surface area contributed by atoms with E-state index in [4.69, 9.17) is 0 Å². The maximum atomic E-state index is 2.47. The molecule has 0 spiro atoms. The third-order valence-corrected chi connectivity index (χ3v) is 3.05. The zero-order valence-corrected chi connectivity index (χ0v) is 11.4. The van der Waals surface area contributed by atoms with Crippen molar-refractivity contribution in [3.05, 3.63) is 23.5 Å². The van der Waals surface area contributed by atoms with Crippen molar-refractivity contribution in [2.24, 2.45) is 5.92 Å². The predicted octanol–water partition coefficient (Wildman–Crippen LogP) is 4.44. The summed E-state index contributed by atoms with van der Waals surface area (Å²) in [5, 5.41) is 0. The summed E-state index contributed by atoms with van der Waals surface area (Å²) >= 11 is 0. The van der Waals surface area contributed by atoms with Gasteiger partial charge in [0.25, 0.3) is 0 Å². The fraction of sp³-hybridized carbons (Fsp3) is 0.733. The van der Waals surface area contributed by atoms with Crippen molar-refractivity contribution in [1.29, 1.82) is 0 Å². The Labute approximate surface area is 101 Å². The highest BCUT2D eigenvalue weighted by atomic mass is 15.0. The van der Waals surface area contributed by atoms with E-state index in [0.29, 0.717) is 0 Å². The Morgan fingerprint density at radius 2 is 1.94 bits per heavy atom. The number of aryl methyl sites for hydroxylation is 2. The van der Waals surface area contributed by atoms with E-state index < -0.39 is 0 Å². The number of hydrogen-bond donors (Lipinski definition) is 0. The average Bonchev–Trinajstić information content (AvgIpc) is 2.60. The van der Waals surface area contributed by atoms with Gasteiger partial charge in [-0.05, 0) is 36.8 Å². The molecule has 0 bridgehead atoms. The van der Waals surface area contributed by atoms with Crippen LogP contribution in [0.1, 0.15) is 58.2 Å². The molecule has 0 atom stereocenters. The van der Waals surface area contributed by atoms with Gasteiger partial charge in [-0.1, -0.05) is 40.5 Å². The van der Waals surface area contributed by atoms with Crippen molar-refractivity contribution in [2.75, 3.05) is 0 Å². The van der Waals surface area contributed by atoms with Gasteiger partial charge in [0.1, 0.15) is 0 Å². The first-order valence-corrected chi connectivity index (χ1v) is 6.85. The molecule has 0 aliphatic rings. The van der Waals surface area contributed by atoms with Crippen LogP contribution in [0.2, 0.25) is 0 Å². The summed E-state index contributed by atoms with van der Waals surface area (Å²) in [6.07, 6.45) is 8.76. The molecule has 0 amide bonds. The van der Waals surface area contributed by atoms with Crippen molar-refractivity contribution in [2.45, 2.75) is 66.3 Å². The fourth-order valence-corrected chi connectivity index (χ4v) is 2.15. The monoisotopic (exact) mass is 221 g/mol. The van der Waals surface area contributed by atoms with Crippen LogP contribution in [0.5, 0.6) is 0 Å². The van der Waals surface area contributed by atoms with E-state index >= 15 is 0 Å². The van der Waals surface area contributed by atoms with Crippen molar-refractivity contribution in [1.82, 2.24) is 4.57 Å². The Balaban J connectivity index is 2.66. The first kappa shape index (κ1) is 13.3. The largest absolute Gasteiger partial charge is 0.351 e. The molecule has 16 heavy (non-hydrogen) atoms. The van der Waals surface area contributed by atoms with Crippen LogP contribution in [0.15, 0.2) is 12.3 Å². The molecule has 1 nitrogen and oxygen atoms in total. The van der Waals surface area contributed by atoms with Crippen molar-refractivity contribution >= 4 is 0 Å². The van der Waals surface area contributed by atoms with Crippen LogP contribution in [0.25, 0.3) is 0 Å². The first-order chi connectivity index (χ1) is 7.67.